The van der Waals surface area contributed by atoms with Crippen LogP contribution in [0.4, 0.5) is 0 Å². The second-order valence-corrected chi connectivity index (χ2v) is 5.05. The summed E-state index contributed by atoms with van der Waals surface area (Å²) in [5.74, 6) is 0.747. The van der Waals surface area contributed by atoms with Crippen molar-refractivity contribution in [3.63, 3.8) is 0 Å². The van der Waals surface area contributed by atoms with Gasteiger partial charge in [-0.15, -0.1) is 0 Å². The largest absolute Gasteiger partial charge is 0.312 e. The van der Waals surface area contributed by atoms with Crippen LogP contribution in [0.25, 0.3) is 0 Å². The number of aryl methyl sites for hydroxylation is 1. The fraction of sp³-hybridized carbons (Fsp3) is 0.571. The Morgan fingerprint density at radius 1 is 1.00 bits per heavy atom. The molecule has 0 bridgehead atoms. The Labute approximate surface area is 92.9 Å². The van der Waals surface area contributed by atoms with Crippen LogP contribution in [0.3, 0.4) is 0 Å². The Morgan fingerprint density at radius 3 is 2.07 bits per heavy atom. The smallest absolute Gasteiger partial charge is 0.00470 e. The Morgan fingerprint density at radius 2 is 1.53 bits per heavy atom. The van der Waals surface area contributed by atoms with Crippen LogP contribution in [-0.4, -0.2) is 12.1 Å². The van der Waals surface area contributed by atoms with Crippen LogP contribution in [0.2, 0.25) is 0 Å². The van der Waals surface area contributed by atoms with Crippen LogP contribution in [0.5, 0.6) is 0 Å². The zero-order valence-electron chi connectivity index (χ0n) is 9.96. The van der Waals surface area contributed by atoms with E-state index in [9.17, 15) is 0 Å². The lowest BCUT2D eigenvalue weighted by molar-refractivity contribution is 0.317. The van der Waals surface area contributed by atoms with Gasteiger partial charge in [-0.1, -0.05) is 29.8 Å². The van der Waals surface area contributed by atoms with Gasteiger partial charge in [-0.2, -0.15) is 0 Å². The first-order valence-corrected chi connectivity index (χ1v) is 5.98. The number of piperidine rings is 1. The molecule has 0 amide bonds. The molecule has 0 aromatic heterocycles. The van der Waals surface area contributed by atoms with Crippen LogP contribution in [0, 0.1) is 6.92 Å². The van der Waals surface area contributed by atoms with Gasteiger partial charge in [0.2, 0.25) is 0 Å². The van der Waals surface area contributed by atoms with E-state index in [1.54, 1.807) is 0 Å². The Bertz CT molecular complexity index is 305. The molecule has 1 aliphatic rings. The van der Waals surface area contributed by atoms with Gasteiger partial charge in [0, 0.05) is 12.1 Å². The third-order valence-corrected chi connectivity index (χ3v) is 3.39. The van der Waals surface area contributed by atoms with Crippen molar-refractivity contribution in [2.45, 2.75) is 51.6 Å². The van der Waals surface area contributed by atoms with Crippen molar-refractivity contribution in [2.24, 2.45) is 0 Å². The lowest BCUT2D eigenvalue weighted by Gasteiger charge is -2.33. The zero-order chi connectivity index (χ0) is 10.8. The van der Waals surface area contributed by atoms with Gasteiger partial charge in [-0.3, -0.25) is 0 Å². The maximum absolute atomic E-state index is 3.59. The summed E-state index contributed by atoms with van der Waals surface area (Å²) in [4.78, 5) is 0. The van der Waals surface area contributed by atoms with Crippen molar-refractivity contribution >= 4 is 0 Å². The standard InChI is InChI=1S/C14H21N/c1-10-4-6-13(7-5-10)14-8-11(2)15-12(3)9-14/h4-7,11-12,14-15H,8-9H2,1-3H3/t11-,12+,14?. The predicted molar refractivity (Wildman–Crippen MR) is 65.2 cm³/mol. The molecule has 1 fully saturated rings. The van der Waals surface area contributed by atoms with E-state index in [0.29, 0.717) is 12.1 Å². The molecule has 1 unspecified atom stereocenters. The van der Waals surface area contributed by atoms with Gasteiger partial charge in [0.05, 0.1) is 0 Å². The second kappa shape index (κ2) is 4.36. The first-order valence-electron chi connectivity index (χ1n) is 5.98. The number of hydrogen-bond acceptors (Lipinski definition) is 1. The highest BCUT2D eigenvalue weighted by Gasteiger charge is 2.23. The number of benzene rings is 1. The fourth-order valence-electron chi connectivity index (χ4n) is 2.68. The molecule has 1 aromatic rings. The monoisotopic (exact) mass is 203 g/mol. The van der Waals surface area contributed by atoms with Crippen molar-refractivity contribution in [3.8, 4) is 0 Å². The van der Waals surface area contributed by atoms with Crippen molar-refractivity contribution in [1.29, 1.82) is 0 Å². The van der Waals surface area contributed by atoms with Crippen LogP contribution < -0.4 is 5.32 Å². The number of rotatable bonds is 1. The van der Waals surface area contributed by atoms with Gasteiger partial charge >= 0.3 is 0 Å². The van der Waals surface area contributed by atoms with Gasteiger partial charge < -0.3 is 5.32 Å². The summed E-state index contributed by atoms with van der Waals surface area (Å²) in [6, 6.07) is 10.4. The molecule has 0 radical (unpaired) electrons. The summed E-state index contributed by atoms with van der Waals surface area (Å²) >= 11 is 0. The van der Waals surface area contributed by atoms with Crippen molar-refractivity contribution < 1.29 is 0 Å². The van der Waals surface area contributed by atoms with Gasteiger partial charge in [-0.25, -0.2) is 0 Å². The minimum atomic E-state index is 0.653. The Balaban J connectivity index is 2.12. The lowest BCUT2D eigenvalue weighted by atomic mass is 9.84. The highest BCUT2D eigenvalue weighted by atomic mass is 14.9. The van der Waals surface area contributed by atoms with Crippen molar-refractivity contribution in [1.82, 2.24) is 5.32 Å². The molecule has 1 aromatic carbocycles. The van der Waals surface area contributed by atoms with Gasteiger partial charge in [0.25, 0.3) is 0 Å². The Kier molecular flexibility index (Phi) is 3.11. The topological polar surface area (TPSA) is 12.0 Å². The van der Waals surface area contributed by atoms with Gasteiger partial charge in [-0.05, 0) is 45.1 Å². The minimum Gasteiger partial charge on any atom is -0.312 e. The maximum atomic E-state index is 3.59. The van der Waals surface area contributed by atoms with Crippen LogP contribution >= 0.6 is 0 Å². The van der Waals surface area contributed by atoms with E-state index in [1.165, 1.54) is 24.0 Å². The van der Waals surface area contributed by atoms with E-state index in [-0.39, 0.29) is 0 Å². The average Bonchev–Trinajstić information content (AvgIpc) is 2.17. The minimum absolute atomic E-state index is 0.653. The van der Waals surface area contributed by atoms with Crippen molar-refractivity contribution in [2.75, 3.05) is 0 Å². The normalized spacial score (nSPS) is 31.5. The highest BCUT2D eigenvalue weighted by molar-refractivity contribution is 5.25. The number of hydrogen-bond donors (Lipinski definition) is 1. The zero-order valence-corrected chi connectivity index (χ0v) is 9.96. The lowest BCUT2D eigenvalue weighted by Crippen LogP contribution is -2.41. The van der Waals surface area contributed by atoms with E-state index in [4.69, 9.17) is 0 Å². The van der Waals surface area contributed by atoms with Gasteiger partial charge in [0.1, 0.15) is 0 Å². The predicted octanol–water partition coefficient (Wildman–Crippen LogP) is 3.24. The summed E-state index contributed by atoms with van der Waals surface area (Å²) in [6.45, 7) is 6.73. The van der Waals surface area contributed by atoms with E-state index in [2.05, 4.69) is 50.4 Å². The van der Waals surface area contributed by atoms with Gasteiger partial charge in [0.15, 0.2) is 0 Å². The molecule has 1 nitrogen and oxygen atoms in total. The first kappa shape index (κ1) is 10.7. The summed E-state index contributed by atoms with van der Waals surface area (Å²) in [5.41, 5.74) is 2.87. The molecule has 1 heterocycles. The summed E-state index contributed by atoms with van der Waals surface area (Å²) in [7, 11) is 0. The molecule has 3 atom stereocenters. The van der Waals surface area contributed by atoms with Crippen LogP contribution in [-0.2, 0) is 0 Å². The van der Waals surface area contributed by atoms with Crippen LogP contribution in [0.1, 0.15) is 43.7 Å². The molecule has 82 valence electrons. The molecule has 0 spiro atoms. The average molecular weight is 203 g/mol. The second-order valence-electron chi connectivity index (χ2n) is 5.05. The molecule has 1 aliphatic heterocycles. The molecule has 15 heavy (non-hydrogen) atoms. The summed E-state index contributed by atoms with van der Waals surface area (Å²) in [5, 5.41) is 3.59. The van der Waals surface area contributed by atoms with E-state index >= 15 is 0 Å². The van der Waals surface area contributed by atoms with E-state index in [1.807, 2.05) is 0 Å². The Hall–Kier alpha value is -0.820. The fourth-order valence-corrected chi connectivity index (χ4v) is 2.68. The molecular formula is C14H21N. The van der Waals surface area contributed by atoms with E-state index < -0.39 is 0 Å². The third kappa shape index (κ3) is 2.60. The third-order valence-electron chi connectivity index (χ3n) is 3.39. The van der Waals surface area contributed by atoms with Crippen LogP contribution in [0.15, 0.2) is 24.3 Å². The molecule has 1 heteroatoms. The molecule has 2 rings (SSSR count). The molecular weight excluding hydrogens is 182 g/mol. The molecule has 0 saturated carbocycles. The molecule has 1 saturated heterocycles. The molecule has 0 aliphatic carbocycles. The maximum Gasteiger partial charge on any atom is 0.00470 e. The first-order chi connectivity index (χ1) is 7.15. The SMILES string of the molecule is Cc1ccc(C2C[C@@H](C)N[C@@H](C)C2)cc1. The number of nitrogens with one attached hydrogen (secondary N) is 1. The highest BCUT2D eigenvalue weighted by Crippen LogP contribution is 2.30. The van der Waals surface area contributed by atoms with Crippen molar-refractivity contribution in [3.05, 3.63) is 35.4 Å². The summed E-state index contributed by atoms with van der Waals surface area (Å²) in [6.07, 6.45) is 2.54. The quantitative estimate of drug-likeness (QED) is 0.739. The van der Waals surface area contributed by atoms with E-state index in [0.717, 1.165) is 5.92 Å². The molecule has 1 N–H and O–H groups in total. The summed E-state index contributed by atoms with van der Waals surface area (Å²) < 4.78 is 0.